The second kappa shape index (κ2) is 10.4. The summed E-state index contributed by atoms with van der Waals surface area (Å²) >= 11 is 7.03. The number of nitro benzene ring substituents is 1. The van der Waals surface area contributed by atoms with Crippen LogP contribution in [-0.4, -0.2) is 13.3 Å². The normalized spacial score (nSPS) is 12.2. The molecule has 1 unspecified atom stereocenters. The molecule has 0 aliphatic carbocycles. The summed E-state index contributed by atoms with van der Waals surface area (Å²) in [6, 6.07) is 18.8. The van der Waals surface area contributed by atoms with Crippen molar-refractivity contribution >= 4 is 47.6 Å². The molecular weight excluding hydrogens is 562 g/mol. The first-order chi connectivity index (χ1) is 15.2. The smallest absolute Gasteiger partial charge is 0.258 e. The van der Waals surface area contributed by atoms with Gasteiger partial charge >= 0.3 is 0 Å². The van der Waals surface area contributed by atoms with Crippen LogP contribution < -0.4 is 4.72 Å². The second-order valence-electron chi connectivity index (χ2n) is 6.87. The Bertz CT molecular complexity index is 1290. The first-order valence-corrected chi connectivity index (χ1v) is 12.5. The molecule has 3 aromatic rings. The maximum atomic E-state index is 13.1. The molecule has 0 heterocycles. The van der Waals surface area contributed by atoms with Gasteiger partial charge < -0.3 is 0 Å². The zero-order valence-electron chi connectivity index (χ0n) is 16.5. The van der Waals surface area contributed by atoms with Gasteiger partial charge in [-0.2, -0.15) is 5.26 Å². The Morgan fingerprint density at radius 3 is 2.34 bits per heavy atom. The van der Waals surface area contributed by atoms with Crippen LogP contribution in [0.15, 0.2) is 80.6 Å². The molecule has 164 valence electrons. The van der Waals surface area contributed by atoms with E-state index in [1.54, 1.807) is 24.3 Å². The minimum atomic E-state index is -4.23. The van der Waals surface area contributed by atoms with Crippen molar-refractivity contribution in [3.05, 3.63) is 102 Å². The van der Waals surface area contributed by atoms with E-state index in [4.69, 9.17) is 0 Å². The van der Waals surface area contributed by atoms with Gasteiger partial charge in [-0.1, -0.05) is 62.2 Å². The number of halogens is 2. The molecule has 7 nitrogen and oxygen atoms in total. The fourth-order valence-corrected chi connectivity index (χ4v) is 6.09. The lowest BCUT2D eigenvalue weighted by Crippen LogP contribution is -2.29. The number of para-hydroxylation sites is 1. The third-order valence-corrected chi connectivity index (χ3v) is 7.82. The lowest BCUT2D eigenvalue weighted by Gasteiger charge is -2.20. The number of nitriles is 1. The molecule has 32 heavy (non-hydrogen) atoms. The average Bonchev–Trinajstić information content (AvgIpc) is 2.78. The van der Waals surface area contributed by atoms with Crippen molar-refractivity contribution in [1.29, 1.82) is 5.26 Å². The van der Waals surface area contributed by atoms with Crippen molar-refractivity contribution in [2.24, 2.45) is 0 Å². The van der Waals surface area contributed by atoms with E-state index in [0.29, 0.717) is 24.0 Å². The SMILES string of the molecule is N#Cc1cccc(C(CCc2c(Br)cccc2Br)NS(=O)(=O)c2ccccc2[N+](=O)[O-])c1. The molecule has 0 fully saturated rings. The Morgan fingerprint density at radius 1 is 1.03 bits per heavy atom. The van der Waals surface area contributed by atoms with E-state index >= 15 is 0 Å². The largest absolute Gasteiger partial charge is 0.289 e. The molecule has 3 aromatic carbocycles. The van der Waals surface area contributed by atoms with Crippen LogP contribution in [-0.2, 0) is 16.4 Å². The predicted molar refractivity (Wildman–Crippen MR) is 127 cm³/mol. The average molecular weight is 579 g/mol. The number of benzene rings is 3. The van der Waals surface area contributed by atoms with E-state index in [-0.39, 0.29) is 0 Å². The van der Waals surface area contributed by atoms with Gasteiger partial charge in [0.1, 0.15) is 0 Å². The first kappa shape index (κ1) is 24.1. The molecule has 3 rings (SSSR count). The summed E-state index contributed by atoms with van der Waals surface area (Å²) in [6.07, 6.45) is 0.860. The third-order valence-electron chi connectivity index (χ3n) is 4.81. The maximum Gasteiger partial charge on any atom is 0.289 e. The highest BCUT2D eigenvalue weighted by Crippen LogP contribution is 2.31. The number of nitrogens with one attached hydrogen (secondary N) is 1. The predicted octanol–water partition coefficient (Wildman–Crippen LogP) is 5.64. The van der Waals surface area contributed by atoms with E-state index in [1.807, 2.05) is 18.2 Å². The van der Waals surface area contributed by atoms with Crippen LogP contribution in [0, 0.1) is 21.4 Å². The number of hydrogen-bond acceptors (Lipinski definition) is 5. The van der Waals surface area contributed by atoms with Crippen LogP contribution in [0.4, 0.5) is 5.69 Å². The number of sulfonamides is 1. The van der Waals surface area contributed by atoms with Gasteiger partial charge in [0.2, 0.25) is 10.0 Å². The molecule has 0 bridgehead atoms. The van der Waals surface area contributed by atoms with Crippen LogP contribution in [0.25, 0.3) is 0 Å². The Morgan fingerprint density at radius 2 is 1.69 bits per heavy atom. The van der Waals surface area contributed by atoms with Crippen molar-refractivity contribution in [2.75, 3.05) is 0 Å². The molecule has 10 heteroatoms. The number of nitro groups is 1. The fourth-order valence-electron chi connectivity index (χ4n) is 3.26. The Hall–Kier alpha value is -2.58. The lowest BCUT2D eigenvalue weighted by atomic mass is 9.98. The van der Waals surface area contributed by atoms with Crippen molar-refractivity contribution < 1.29 is 13.3 Å². The summed E-state index contributed by atoms with van der Waals surface area (Å²) in [5.41, 5.74) is 1.44. The van der Waals surface area contributed by atoms with Crippen LogP contribution in [0.3, 0.4) is 0 Å². The summed E-state index contributed by atoms with van der Waals surface area (Å²) in [7, 11) is -4.23. The summed E-state index contributed by atoms with van der Waals surface area (Å²) in [6.45, 7) is 0. The van der Waals surface area contributed by atoms with Gasteiger partial charge in [0.25, 0.3) is 5.69 Å². The van der Waals surface area contributed by atoms with Gasteiger partial charge in [-0.3, -0.25) is 10.1 Å². The van der Waals surface area contributed by atoms with Crippen molar-refractivity contribution in [3.8, 4) is 6.07 Å². The zero-order valence-corrected chi connectivity index (χ0v) is 20.5. The number of rotatable bonds is 8. The molecule has 0 spiro atoms. The standard InChI is InChI=1S/C22H17Br2N3O4S/c23-18-7-4-8-19(24)17(18)11-12-20(16-6-3-5-15(13-16)14-25)26-32(30,31)22-10-2-1-9-21(22)27(28)29/h1-10,13,20,26H,11-12H2. The van der Waals surface area contributed by atoms with Crippen molar-refractivity contribution in [1.82, 2.24) is 4.72 Å². The fraction of sp³-hybridized carbons (Fsp3) is 0.136. The summed E-state index contributed by atoms with van der Waals surface area (Å²) in [4.78, 5) is 10.2. The molecule has 0 aromatic heterocycles. The molecule has 0 aliphatic rings. The quantitative estimate of drug-likeness (QED) is 0.274. The van der Waals surface area contributed by atoms with E-state index < -0.39 is 31.6 Å². The third kappa shape index (κ3) is 5.61. The molecule has 1 N–H and O–H groups in total. The lowest BCUT2D eigenvalue weighted by molar-refractivity contribution is -0.387. The maximum absolute atomic E-state index is 13.1. The molecule has 0 saturated carbocycles. The molecule has 0 radical (unpaired) electrons. The monoisotopic (exact) mass is 577 g/mol. The summed E-state index contributed by atoms with van der Waals surface area (Å²) in [5.74, 6) is 0. The first-order valence-electron chi connectivity index (χ1n) is 9.41. The Labute approximate surface area is 202 Å². The van der Waals surface area contributed by atoms with Crippen molar-refractivity contribution in [3.63, 3.8) is 0 Å². The molecule has 0 amide bonds. The van der Waals surface area contributed by atoms with Gasteiger partial charge in [-0.05, 0) is 54.3 Å². The van der Waals surface area contributed by atoms with Gasteiger partial charge in [-0.15, -0.1) is 0 Å². The summed E-state index contributed by atoms with van der Waals surface area (Å²) < 4.78 is 30.6. The topological polar surface area (TPSA) is 113 Å². The highest BCUT2D eigenvalue weighted by Gasteiger charge is 2.28. The van der Waals surface area contributed by atoms with Gasteiger partial charge in [0.15, 0.2) is 4.90 Å². The number of nitrogens with zero attached hydrogens (tertiary/aromatic N) is 2. The molecule has 1 atom stereocenters. The Kier molecular flexibility index (Phi) is 7.79. The van der Waals surface area contributed by atoms with E-state index in [1.165, 1.54) is 18.2 Å². The highest BCUT2D eigenvalue weighted by atomic mass is 79.9. The molecular formula is C22H17Br2N3O4S. The van der Waals surface area contributed by atoms with E-state index in [9.17, 15) is 23.8 Å². The zero-order chi connectivity index (χ0) is 23.3. The van der Waals surface area contributed by atoms with Gasteiger partial charge in [-0.25, -0.2) is 13.1 Å². The minimum absolute atomic E-state index is 0.357. The Balaban J connectivity index is 1.99. The van der Waals surface area contributed by atoms with E-state index in [2.05, 4.69) is 42.7 Å². The van der Waals surface area contributed by atoms with Crippen molar-refractivity contribution in [2.45, 2.75) is 23.8 Å². The molecule has 0 saturated heterocycles. The van der Waals surface area contributed by atoms with Gasteiger partial charge in [0, 0.05) is 21.1 Å². The second-order valence-corrected chi connectivity index (χ2v) is 10.3. The van der Waals surface area contributed by atoms with E-state index in [0.717, 1.165) is 20.6 Å². The van der Waals surface area contributed by atoms with Crippen LogP contribution in [0.5, 0.6) is 0 Å². The number of hydrogen-bond donors (Lipinski definition) is 1. The van der Waals surface area contributed by atoms with Crippen LogP contribution >= 0.6 is 31.9 Å². The minimum Gasteiger partial charge on any atom is -0.258 e. The van der Waals surface area contributed by atoms with Crippen LogP contribution in [0.1, 0.15) is 29.2 Å². The summed E-state index contributed by atoms with van der Waals surface area (Å²) in [5, 5.41) is 20.6. The van der Waals surface area contributed by atoms with Crippen LogP contribution in [0.2, 0.25) is 0 Å². The van der Waals surface area contributed by atoms with Gasteiger partial charge in [0.05, 0.1) is 16.6 Å². The molecule has 0 aliphatic heterocycles. The highest BCUT2D eigenvalue weighted by molar-refractivity contribution is 9.11.